The largest absolute Gasteiger partial charge is 0.480 e. The number of carbonyl (C=O) groups excluding carboxylic acids is 2. The molecule has 6 nitrogen and oxygen atoms in total. The first kappa shape index (κ1) is 14.6. The fourth-order valence-electron chi connectivity index (χ4n) is 2.85. The quantitative estimate of drug-likeness (QED) is 0.881. The topological polar surface area (TPSA) is 77.9 Å². The molecular formula is C16H18N2O4. The number of nitrogens with zero attached hydrogens (tertiary/aromatic N) is 2. The molecule has 1 heterocycles. The van der Waals surface area contributed by atoms with E-state index in [9.17, 15) is 14.4 Å². The Hall–Kier alpha value is -2.37. The maximum absolute atomic E-state index is 12.5. The van der Waals surface area contributed by atoms with Gasteiger partial charge in [0.25, 0.3) is 0 Å². The Balaban J connectivity index is 1.78. The summed E-state index contributed by atoms with van der Waals surface area (Å²) in [6.45, 7) is -0.382. The molecule has 0 bridgehead atoms. The Bertz CT molecular complexity index is 624. The Morgan fingerprint density at radius 3 is 2.64 bits per heavy atom. The monoisotopic (exact) mass is 302 g/mol. The number of aryl methyl sites for hydroxylation is 1. The average molecular weight is 302 g/mol. The molecule has 0 unspecified atom stereocenters. The number of carboxylic acid groups (broad SMARTS) is 1. The smallest absolute Gasteiger partial charge is 0.323 e. The Morgan fingerprint density at radius 2 is 1.95 bits per heavy atom. The molecule has 1 saturated carbocycles. The summed E-state index contributed by atoms with van der Waals surface area (Å²) in [6, 6.07) is 7.55. The molecular weight excluding hydrogens is 284 g/mol. The summed E-state index contributed by atoms with van der Waals surface area (Å²) in [5.41, 5.74) is 1.81. The van der Waals surface area contributed by atoms with Crippen LogP contribution in [0.2, 0.25) is 0 Å². The van der Waals surface area contributed by atoms with Crippen LogP contribution in [0, 0.1) is 0 Å². The van der Waals surface area contributed by atoms with Crippen LogP contribution < -0.4 is 4.90 Å². The van der Waals surface area contributed by atoms with Gasteiger partial charge >= 0.3 is 5.97 Å². The van der Waals surface area contributed by atoms with Crippen LogP contribution in [-0.2, 0) is 20.8 Å². The van der Waals surface area contributed by atoms with Crippen molar-refractivity contribution in [1.29, 1.82) is 0 Å². The maximum atomic E-state index is 12.5. The van der Waals surface area contributed by atoms with Gasteiger partial charge in [-0.3, -0.25) is 14.4 Å². The van der Waals surface area contributed by atoms with E-state index in [4.69, 9.17) is 5.11 Å². The predicted molar refractivity (Wildman–Crippen MR) is 79.5 cm³/mol. The number of rotatable bonds is 5. The van der Waals surface area contributed by atoms with E-state index >= 15 is 0 Å². The van der Waals surface area contributed by atoms with Crippen LogP contribution in [0.5, 0.6) is 0 Å². The highest BCUT2D eigenvalue weighted by molar-refractivity contribution is 6.01. The molecule has 116 valence electrons. The van der Waals surface area contributed by atoms with Crippen LogP contribution in [0.25, 0.3) is 0 Å². The molecule has 2 aliphatic rings. The molecule has 0 radical (unpaired) electrons. The lowest BCUT2D eigenvalue weighted by Crippen LogP contribution is -2.47. The van der Waals surface area contributed by atoms with Crippen LogP contribution in [0.4, 0.5) is 5.69 Å². The molecule has 1 N–H and O–H groups in total. The molecule has 3 rings (SSSR count). The summed E-state index contributed by atoms with van der Waals surface area (Å²) in [5, 5.41) is 8.95. The zero-order valence-electron chi connectivity index (χ0n) is 12.2. The van der Waals surface area contributed by atoms with E-state index in [0.717, 1.165) is 24.1 Å². The molecule has 0 saturated heterocycles. The Morgan fingerprint density at radius 1 is 1.23 bits per heavy atom. The zero-order chi connectivity index (χ0) is 15.7. The summed E-state index contributed by atoms with van der Waals surface area (Å²) in [4.78, 5) is 38.4. The summed E-state index contributed by atoms with van der Waals surface area (Å²) >= 11 is 0. The molecule has 0 atom stereocenters. The number of benzene rings is 1. The first-order valence-electron chi connectivity index (χ1n) is 7.46. The van der Waals surface area contributed by atoms with Crippen molar-refractivity contribution in [2.24, 2.45) is 0 Å². The van der Waals surface area contributed by atoms with Crippen molar-refractivity contribution in [2.75, 3.05) is 18.0 Å². The molecule has 1 aromatic rings. The first-order valence-corrected chi connectivity index (χ1v) is 7.46. The molecule has 22 heavy (non-hydrogen) atoms. The summed E-state index contributed by atoms with van der Waals surface area (Å²) in [7, 11) is 0. The van der Waals surface area contributed by atoms with E-state index in [-0.39, 0.29) is 30.9 Å². The number of carboxylic acids is 1. The van der Waals surface area contributed by atoms with Crippen molar-refractivity contribution in [3.8, 4) is 0 Å². The fraction of sp³-hybridized carbons (Fsp3) is 0.438. The third kappa shape index (κ3) is 2.95. The second-order valence-corrected chi connectivity index (χ2v) is 5.76. The fourth-order valence-corrected chi connectivity index (χ4v) is 2.85. The van der Waals surface area contributed by atoms with E-state index in [0.29, 0.717) is 12.8 Å². The highest BCUT2D eigenvalue weighted by Crippen LogP contribution is 2.29. The zero-order valence-corrected chi connectivity index (χ0v) is 12.2. The van der Waals surface area contributed by atoms with Crippen molar-refractivity contribution in [1.82, 2.24) is 4.90 Å². The van der Waals surface area contributed by atoms with Crippen molar-refractivity contribution in [2.45, 2.75) is 31.7 Å². The first-order chi connectivity index (χ1) is 10.6. The van der Waals surface area contributed by atoms with Crippen LogP contribution in [0.3, 0.4) is 0 Å². The third-order valence-electron chi connectivity index (χ3n) is 4.10. The van der Waals surface area contributed by atoms with E-state index in [1.807, 2.05) is 24.3 Å². The Kier molecular flexibility index (Phi) is 3.83. The van der Waals surface area contributed by atoms with E-state index in [1.165, 1.54) is 9.80 Å². The van der Waals surface area contributed by atoms with E-state index in [2.05, 4.69) is 0 Å². The van der Waals surface area contributed by atoms with Crippen molar-refractivity contribution < 1.29 is 19.5 Å². The number of hydrogen-bond donors (Lipinski definition) is 1. The average Bonchev–Trinajstić information content (AvgIpc) is 3.32. The van der Waals surface area contributed by atoms with Gasteiger partial charge in [-0.15, -0.1) is 0 Å². The highest BCUT2D eigenvalue weighted by Gasteiger charge is 2.35. The van der Waals surface area contributed by atoms with Crippen LogP contribution in [0.15, 0.2) is 24.3 Å². The molecule has 1 aliphatic heterocycles. The van der Waals surface area contributed by atoms with Gasteiger partial charge < -0.3 is 14.9 Å². The van der Waals surface area contributed by atoms with E-state index < -0.39 is 5.97 Å². The molecule has 0 aromatic heterocycles. The van der Waals surface area contributed by atoms with Gasteiger partial charge in [0, 0.05) is 18.2 Å². The number of amides is 2. The van der Waals surface area contributed by atoms with E-state index in [1.54, 1.807) is 0 Å². The lowest BCUT2D eigenvalue weighted by molar-refractivity contribution is -0.144. The van der Waals surface area contributed by atoms with Crippen molar-refractivity contribution >= 4 is 23.5 Å². The standard InChI is InChI=1S/C16H18N2O4/c19-14-8-5-11-3-1-2-4-13(11)18(14)9-15(20)17(10-16(21)22)12-6-7-12/h1-4,12H,5-10H2,(H,21,22). The predicted octanol–water partition coefficient (Wildman–Crippen LogP) is 1.04. The lowest BCUT2D eigenvalue weighted by atomic mass is 10.0. The maximum Gasteiger partial charge on any atom is 0.323 e. The third-order valence-corrected chi connectivity index (χ3v) is 4.10. The minimum atomic E-state index is -1.02. The molecule has 0 spiro atoms. The lowest BCUT2D eigenvalue weighted by Gasteiger charge is -2.31. The van der Waals surface area contributed by atoms with Gasteiger partial charge in [0.15, 0.2) is 0 Å². The number of aliphatic carboxylic acids is 1. The Labute approximate surface area is 128 Å². The number of anilines is 1. The van der Waals surface area contributed by atoms with Crippen LogP contribution >= 0.6 is 0 Å². The molecule has 2 amide bonds. The normalized spacial score (nSPS) is 17.1. The van der Waals surface area contributed by atoms with Gasteiger partial charge in [-0.05, 0) is 30.9 Å². The van der Waals surface area contributed by atoms with Gasteiger partial charge in [0.1, 0.15) is 13.1 Å². The molecule has 1 aliphatic carbocycles. The van der Waals surface area contributed by atoms with Gasteiger partial charge in [-0.1, -0.05) is 18.2 Å². The van der Waals surface area contributed by atoms with Gasteiger partial charge in [-0.2, -0.15) is 0 Å². The second kappa shape index (κ2) is 5.79. The number of hydrogen-bond acceptors (Lipinski definition) is 3. The summed E-state index contributed by atoms with van der Waals surface area (Å²) < 4.78 is 0. The number of para-hydroxylation sites is 1. The van der Waals surface area contributed by atoms with Crippen molar-refractivity contribution in [3.05, 3.63) is 29.8 Å². The number of fused-ring (bicyclic) bond motifs is 1. The molecule has 1 fully saturated rings. The van der Waals surface area contributed by atoms with Gasteiger partial charge in [-0.25, -0.2) is 0 Å². The molecule has 6 heteroatoms. The van der Waals surface area contributed by atoms with Gasteiger partial charge in [0.2, 0.25) is 11.8 Å². The van der Waals surface area contributed by atoms with Crippen molar-refractivity contribution in [3.63, 3.8) is 0 Å². The summed E-state index contributed by atoms with van der Waals surface area (Å²) in [5.74, 6) is -1.40. The second-order valence-electron chi connectivity index (χ2n) is 5.76. The van der Waals surface area contributed by atoms with Gasteiger partial charge in [0.05, 0.1) is 0 Å². The highest BCUT2D eigenvalue weighted by atomic mass is 16.4. The summed E-state index contributed by atoms with van der Waals surface area (Å²) in [6.07, 6.45) is 2.74. The van der Waals surface area contributed by atoms with Crippen LogP contribution in [-0.4, -0.2) is 46.9 Å². The minimum absolute atomic E-state index is 0.0127. The number of carbonyl (C=O) groups is 3. The van der Waals surface area contributed by atoms with Crippen LogP contribution in [0.1, 0.15) is 24.8 Å². The minimum Gasteiger partial charge on any atom is -0.480 e. The molecule has 1 aromatic carbocycles. The SMILES string of the molecule is O=C(O)CN(C(=O)CN1C(=O)CCc2ccccc21)C1CC1.